The van der Waals surface area contributed by atoms with Gasteiger partial charge in [0.25, 0.3) is 0 Å². The average Bonchev–Trinajstić information content (AvgIpc) is 3.79. The van der Waals surface area contributed by atoms with E-state index in [0.29, 0.717) is 0 Å². The van der Waals surface area contributed by atoms with Crippen LogP contribution in [0.2, 0.25) is 0 Å². The highest BCUT2D eigenvalue weighted by molar-refractivity contribution is 5.94. The van der Waals surface area contributed by atoms with Crippen molar-refractivity contribution in [1.29, 1.82) is 0 Å². The third-order valence-corrected chi connectivity index (χ3v) is 8.47. The average molecular weight is 513 g/mol. The molecule has 0 atom stereocenters. The Morgan fingerprint density at radius 3 is 1.35 bits per heavy atom. The summed E-state index contributed by atoms with van der Waals surface area (Å²) in [6.07, 6.45) is 2.49. The summed E-state index contributed by atoms with van der Waals surface area (Å²) < 4.78 is 0. The molecule has 0 unspecified atom stereocenters. The Bertz CT molecular complexity index is 1760. The van der Waals surface area contributed by atoms with E-state index in [1.165, 1.54) is 74.0 Å². The van der Waals surface area contributed by atoms with E-state index >= 15 is 0 Å². The van der Waals surface area contributed by atoms with E-state index in [1.54, 1.807) is 0 Å². The standard InChI is InChI=1S/C33H24.C7H8/c1-4-10-23(11-5-1)26-16-17-31-29(20-26)30-21-27(24-12-6-2-7-13-24)28(25-14-8-3-9-15-25)22-32(30)33(31)18-19-33;1-7-5-3-2-4-6-7/h1-17,20-22H,18-19H2;2-6H,1H3. The van der Waals surface area contributed by atoms with Gasteiger partial charge in [-0.15, -0.1) is 0 Å². The van der Waals surface area contributed by atoms with E-state index in [2.05, 4.69) is 140 Å². The van der Waals surface area contributed by atoms with Gasteiger partial charge in [0.1, 0.15) is 0 Å². The minimum atomic E-state index is 0.207. The number of rotatable bonds is 3. The SMILES string of the molecule is Cc1ccccc1.c1ccc(-c2ccc3c(c2)-c2cc(-c4ccccc4)c(-c4ccccc4)cc2C32CC2)cc1. The highest BCUT2D eigenvalue weighted by atomic mass is 14.5. The van der Waals surface area contributed by atoms with Crippen molar-refractivity contribution < 1.29 is 0 Å². The predicted octanol–water partition coefficient (Wildman–Crippen LogP) is 10.7. The van der Waals surface area contributed by atoms with Crippen molar-refractivity contribution in [2.45, 2.75) is 25.2 Å². The normalized spacial score (nSPS) is 13.6. The van der Waals surface area contributed by atoms with Gasteiger partial charge < -0.3 is 0 Å². The summed E-state index contributed by atoms with van der Waals surface area (Å²) >= 11 is 0. The second kappa shape index (κ2) is 10.1. The lowest BCUT2D eigenvalue weighted by molar-refractivity contribution is 0.880. The molecular weight excluding hydrogens is 480 g/mol. The van der Waals surface area contributed by atoms with Gasteiger partial charge in [0.05, 0.1) is 0 Å². The van der Waals surface area contributed by atoms with Crippen LogP contribution in [0.5, 0.6) is 0 Å². The van der Waals surface area contributed by atoms with Crippen molar-refractivity contribution >= 4 is 0 Å². The summed E-state index contributed by atoms with van der Waals surface area (Å²) in [7, 11) is 0. The molecule has 0 heteroatoms. The van der Waals surface area contributed by atoms with Gasteiger partial charge in [0.2, 0.25) is 0 Å². The first-order valence-electron chi connectivity index (χ1n) is 14.2. The topological polar surface area (TPSA) is 0 Å². The summed E-state index contributed by atoms with van der Waals surface area (Å²) in [5.74, 6) is 0. The smallest absolute Gasteiger partial charge is 0.0216 e. The number of hydrogen-bond acceptors (Lipinski definition) is 0. The van der Waals surface area contributed by atoms with Gasteiger partial charge in [0.15, 0.2) is 0 Å². The molecule has 2 aliphatic carbocycles. The van der Waals surface area contributed by atoms with Crippen LogP contribution in [-0.4, -0.2) is 0 Å². The maximum absolute atomic E-state index is 2.50. The van der Waals surface area contributed by atoms with Crippen LogP contribution < -0.4 is 0 Å². The van der Waals surface area contributed by atoms with Gasteiger partial charge in [-0.25, -0.2) is 0 Å². The number of fused-ring (bicyclic) bond motifs is 5. The zero-order valence-corrected chi connectivity index (χ0v) is 22.8. The lowest BCUT2D eigenvalue weighted by Crippen LogP contribution is -2.04. The van der Waals surface area contributed by atoms with Crippen LogP contribution in [0, 0.1) is 6.92 Å². The highest BCUT2D eigenvalue weighted by Crippen LogP contribution is 2.64. The van der Waals surface area contributed by atoms with Crippen LogP contribution in [0.3, 0.4) is 0 Å². The fourth-order valence-electron chi connectivity index (χ4n) is 6.27. The zero-order valence-electron chi connectivity index (χ0n) is 22.8. The second-order valence-electron chi connectivity index (χ2n) is 11.0. The van der Waals surface area contributed by atoms with Crippen molar-refractivity contribution in [2.24, 2.45) is 0 Å². The molecule has 6 aromatic rings. The minimum Gasteiger partial charge on any atom is -0.0622 e. The van der Waals surface area contributed by atoms with Gasteiger partial charge in [-0.2, -0.15) is 0 Å². The second-order valence-corrected chi connectivity index (χ2v) is 11.0. The van der Waals surface area contributed by atoms with E-state index in [4.69, 9.17) is 0 Å². The van der Waals surface area contributed by atoms with Crippen LogP contribution >= 0.6 is 0 Å². The molecule has 0 saturated heterocycles. The Morgan fingerprint density at radius 2 is 0.850 bits per heavy atom. The molecule has 192 valence electrons. The molecule has 1 saturated carbocycles. The Morgan fingerprint density at radius 1 is 0.375 bits per heavy atom. The van der Waals surface area contributed by atoms with Gasteiger partial charge in [-0.1, -0.05) is 139 Å². The minimum absolute atomic E-state index is 0.207. The number of aryl methyl sites for hydroxylation is 1. The van der Waals surface area contributed by atoms with Crippen LogP contribution in [0.25, 0.3) is 44.5 Å². The van der Waals surface area contributed by atoms with Gasteiger partial charge in [-0.3, -0.25) is 0 Å². The molecule has 0 radical (unpaired) electrons. The van der Waals surface area contributed by atoms with Gasteiger partial charge in [0, 0.05) is 5.41 Å². The Kier molecular flexibility index (Phi) is 6.17. The monoisotopic (exact) mass is 512 g/mol. The summed E-state index contributed by atoms with van der Waals surface area (Å²) in [5.41, 5.74) is 15.2. The molecule has 0 nitrogen and oxygen atoms in total. The first-order chi connectivity index (χ1) is 19.7. The maximum Gasteiger partial charge on any atom is 0.0216 e. The third kappa shape index (κ3) is 4.36. The van der Waals surface area contributed by atoms with Gasteiger partial charge in [-0.05, 0) is 93.6 Å². The van der Waals surface area contributed by atoms with Crippen LogP contribution in [0.1, 0.15) is 29.5 Å². The summed E-state index contributed by atoms with van der Waals surface area (Å²) in [6.45, 7) is 2.08. The molecular formula is C40H32. The molecule has 0 heterocycles. The number of benzene rings is 6. The first-order valence-corrected chi connectivity index (χ1v) is 14.2. The first kappa shape index (κ1) is 24.4. The quantitative estimate of drug-likeness (QED) is 0.221. The van der Waals surface area contributed by atoms with Crippen molar-refractivity contribution in [3.8, 4) is 44.5 Å². The molecule has 1 spiro atoms. The predicted molar refractivity (Wildman–Crippen MR) is 169 cm³/mol. The Balaban J connectivity index is 0.000000333. The maximum atomic E-state index is 2.50. The molecule has 0 amide bonds. The summed E-state index contributed by atoms with van der Waals surface area (Å²) in [4.78, 5) is 0. The van der Waals surface area contributed by atoms with Crippen molar-refractivity contribution in [3.05, 3.63) is 168 Å². The zero-order chi connectivity index (χ0) is 26.9. The van der Waals surface area contributed by atoms with Crippen molar-refractivity contribution in [2.75, 3.05) is 0 Å². The fourth-order valence-corrected chi connectivity index (χ4v) is 6.27. The Labute approximate surface area is 237 Å². The van der Waals surface area contributed by atoms with E-state index in [-0.39, 0.29) is 5.41 Å². The Hall–Kier alpha value is -4.68. The lowest BCUT2D eigenvalue weighted by atomic mass is 9.87. The molecule has 8 rings (SSSR count). The molecule has 0 aliphatic heterocycles. The van der Waals surface area contributed by atoms with E-state index in [0.717, 1.165) is 0 Å². The van der Waals surface area contributed by atoms with Crippen LogP contribution in [0.15, 0.2) is 152 Å². The molecule has 6 aromatic carbocycles. The molecule has 0 bridgehead atoms. The largest absolute Gasteiger partial charge is 0.0622 e. The molecule has 40 heavy (non-hydrogen) atoms. The summed E-state index contributed by atoms with van der Waals surface area (Å²) in [5, 5.41) is 0. The molecule has 2 aliphatic rings. The highest BCUT2D eigenvalue weighted by Gasteiger charge is 2.52. The fraction of sp³-hybridized carbons (Fsp3) is 0.100. The molecule has 1 fully saturated rings. The number of hydrogen-bond donors (Lipinski definition) is 0. The summed E-state index contributed by atoms with van der Waals surface area (Å²) in [6, 6.07) is 54.8. The van der Waals surface area contributed by atoms with Gasteiger partial charge >= 0.3 is 0 Å². The van der Waals surface area contributed by atoms with Crippen LogP contribution in [-0.2, 0) is 5.41 Å². The third-order valence-electron chi connectivity index (χ3n) is 8.47. The molecule has 0 N–H and O–H groups in total. The van der Waals surface area contributed by atoms with Crippen LogP contribution in [0.4, 0.5) is 0 Å². The lowest BCUT2D eigenvalue weighted by Gasteiger charge is -2.16. The van der Waals surface area contributed by atoms with E-state index in [9.17, 15) is 0 Å². The van der Waals surface area contributed by atoms with E-state index in [1.807, 2.05) is 18.2 Å². The van der Waals surface area contributed by atoms with Crippen molar-refractivity contribution in [1.82, 2.24) is 0 Å². The molecule has 0 aromatic heterocycles. The van der Waals surface area contributed by atoms with E-state index < -0.39 is 0 Å². The van der Waals surface area contributed by atoms with Crippen molar-refractivity contribution in [3.63, 3.8) is 0 Å².